The van der Waals surface area contributed by atoms with Crippen LogP contribution in [-0.4, -0.2) is 26.8 Å². The largest absolute Gasteiger partial charge is 0.555 e. The Bertz CT molecular complexity index is 467. The molecule has 0 saturated carbocycles. The van der Waals surface area contributed by atoms with E-state index in [0.29, 0.717) is 5.52 Å². The molecule has 0 radical (unpaired) electrons. The van der Waals surface area contributed by atoms with Crippen LogP contribution in [0, 0.1) is 0 Å². The average molecular weight is 190 g/mol. The first-order chi connectivity index (χ1) is 6.57. The van der Waals surface area contributed by atoms with E-state index < -0.39 is 6.75 Å². The van der Waals surface area contributed by atoms with Crippen molar-refractivity contribution < 1.29 is 15.1 Å². The molecule has 1 heterocycles. The predicted molar refractivity (Wildman–Crippen MR) is 53.8 cm³/mol. The molecule has 0 bridgehead atoms. The third kappa shape index (κ3) is 1.61. The van der Waals surface area contributed by atoms with Crippen molar-refractivity contribution in [3.8, 4) is 0 Å². The van der Waals surface area contributed by atoms with E-state index in [1.807, 2.05) is 12.1 Å². The summed E-state index contributed by atoms with van der Waals surface area (Å²) in [5.74, 6) is 0. The maximum absolute atomic E-state index is 8.96. The molecule has 0 saturated heterocycles. The summed E-state index contributed by atoms with van der Waals surface area (Å²) in [5, 5.41) is 27.8. The quantitative estimate of drug-likeness (QED) is 0.522. The second-order valence-electron chi connectivity index (χ2n) is 3.16. The van der Waals surface area contributed by atoms with E-state index in [4.69, 9.17) is 15.1 Å². The normalized spacial score (nSPS) is 11.9. The Morgan fingerprint density at radius 1 is 0.929 bits per heavy atom. The van der Waals surface area contributed by atoms with Gasteiger partial charge in [0.25, 0.3) is 0 Å². The van der Waals surface area contributed by atoms with Crippen molar-refractivity contribution >= 4 is 23.3 Å². The lowest BCUT2D eigenvalue weighted by Crippen LogP contribution is -2.50. The van der Waals surface area contributed by atoms with Gasteiger partial charge in [-0.1, -0.05) is 30.3 Å². The van der Waals surface area contributed by atoms with Gasteiger partial charge in [0.1, 0.15) is 0 Å². The smallest absolute Gasteiger partial charge is 0.420 e. The van der Waals surface area contributed by atoms with Gasteiger partial charge in [-0.3, -0.25) is 4.98 Å². The molecule has 0 aliphatic heterocycles. The Morgan fingerprint density at radius 2 is 1.64 bits per heavy atom. The Morgan fingerprint density at radius 3 is 2.36 bits per heavy atom. The van der Waals surface area contributed by atoms with E-state index in [9.17, 15) is 0 Å². The highest BCUT2D eigenvalue weighted by Gasteiger charge is 2.19. The maximum atomic E-state index is 8.96. The van der Waals surface area contributed by atoms with Crippen LogP contribution in [0.5, 0.6) is 0 Å². The van der Waals surface area contributed by atoms with Crippen molar-refractivity contribution in [2.24, 2.45) is 0 Å². The molecule has 72 valence electrons. The van der Waals surface area contributed by atoms with E-state index >= 15 is 0 Å². The highest BCUT2D eigenvalue weighted by atomic mass is 16.5. The fraction of sp³-hybridized carbons (Fsp3) is 0. The monoisotopic (exact) mass is 190 g/mol. The Balaban J connectivity index is 2.63. The molecule has 0 aliphatic rings. The molecule has 4 nitrogen and oxygen atoms in total. The van der Waals surface area contributed by atoms with Gasteiger partial charge >= 0.3 is 6.75 Å². The molecule has 0 spiro atoms. The molecule has 1 aromatic carbocycles. The van der Waals surface area contributed by atoms with Crippen molar-refractivity contribution in [2.45, 2.75) is 0 Å². The number of hydrogen-bond acceptors (Lipinski definition) is 4. The molecule has 5 heteroatoms. The molecular weight excluding hydrogens is 181 g/mol. The summed E-state index contributed by atoms with van der Waals surface area (Å²) in [7, 11) is 0. The summed E-state index contributed by atoms with van der Waals surface area (Å²) in [5.41, 5.74) is 0.497. The van der Waals surface area contributed by atoms with Gasteiger partial charge in [-0.2, -0.15) is 0 Å². The molecule has 0 aliphatic carbocycles. The molecule has 0 fully saturated rings. The predicted octanol–water partition coefficient (Wildman–Crippen LogP) is -0.642. The number of aromatic nitrogens is 1. The zero-order chi connectivity index (χ0) is 10.2. The molecule has 0 unspecified atom stereocenters. The highest BCUT2D eigenvalue weighted by Crippen LogP contribution is 2.08. The Labute approximate surface area is 80.5 Å². The van der Waals surface area contributed by atoms with Crippen LogP contribution in [0.1, 0.15) is 0 Å². The first kappa shape index (κ1) is 9.14. The molecule has 2 aromatic rings. The molecule has 1 aromatic heterocycles. The molecule has 0 amide bonds. The van der Waals surface area contributed by atoms with Gasteiger partial charge in [0.05, 0.1) is 5.52 Å². The third-order valence-corrected chi connectivity index (χ3v) is 2.02. The molecule has 0 atom stereocenters. The van der Waals surface area contributed by atoms with Gasteiger partial charge in [0.15, 0.2) is 0 Å². The fourth-order valence-corrected chi connectivity index (χ4v) is 1.30. The van der Waals surface area contributed by atoms with Gasteiger partial charge in [-0.15, -0.1) is 0 Å². The second-order valence-corrected chi connectivity index (χ2v) is 3.16. The number of benzene rings is 1. The fourth-order valence-electron chi connectivity index (χ4n) is 1.30. The lowest BCUT2D eigenvalue weighted by molar-refractivity contribution is 0.248. The zero-order valence-electron chi connectivity index (χ0n) is 7.33. The average Bonchev–Trinajstić information content (AvgIpc) is 2.16. The minimum atomic E-state index is -3.50. The van der Waals surface area contributed by atoms with Crippen LogP contribution in [0.3, 0.4) is 0 Å². The van der Waals surface area contributed by atoms with E-state index in [2.05, 4.69) is 4.98 Å². The number of fused-ring (bicyclic) bond motifs is 1. The van der Waals surface area contributed by atoms with Crippen LogP contribution in [0.15, 0.2) is 36.4 Å². The van der Waals surface area contributed by atoms with Crippen molar-refractivity contribution in [2.75, 3.05) is 0 Å². The van der Waals surface area contributed by atoms with E-state index in [0.717, 1.165) is 5.39 Å². The minimum absolute atomic E-state index is 0.122. The Hall–Kier alpha value is -1.43. The molecule has 14 heavy (non-hydrogen) atoms. The minimum Gasteiger partial charge on any atom is -0.555 e. The second kappa shape index (κ2) is 3.06. The van der Waals surface area contributed by atoms with Crippen LogP contribution in [0.2, 0.25) is 0 Å². The first-order valence-electron chi connectivity index (χ1n) is 4.25. The Kier molecular flexibility index (Phi) is 2.00. The standard InChI is InChI=1S/C9H9BNO3/c12-10(13,14)9-6-5-7-3-1-2-4-8(7)11-9/h1-6,12-14H/q-1. The number of rotatable bonds is 1. The molecule has 3 N–H and O–H groups in total. The maximum Gasteiger partial charge on any atom is 0.420 e. The summed E-state index contributed by atoms with van der Waals surface area (Å²) in [6.45, 7) is -3.50. The number of hydrogen-bond donors (Lipinski definition) is 3. The number of pyridine rings is 1. The first-order valence-corrected chi connectivity index (χ1v) is 4.25. The summed E-state index contributed by atoms with van der Waals surface area (Å²) in [4.78, 5) is 3.92. The lowest BCUT2D eigenvalue weighted by Gasteiger charge is -2.20. The third-order valence-electron chi connectivity index (χ3n) is 2.02. The summed E-state index contributed by atoms with van der Waals surface area (Å²) in [6, 6.07) is 10.3. The van der Waals surface area contributed by atoms with Crippen molar-refractivity contribution in [3.05, 3.63) is 36.4 Å². The lowest BCUT2D eigenvalue weighted by atomic mass is 9.75. The van der Waals surface area contributed by atoms with Crippen LogP contribution in [0.4, 0.5) is 0 Å². The van der Waals surface area contributed by atoms with Gasteiger partial charge in [-0.05, 0) is 17.0 Å². The van der Waals surface area contributed by atoms with Gasteiger partial charge < -0.3 is 15.1 Å². The van der Waals surface area contributed by atoms with Crippen LogP contribution < -0.4 is 5.59 Å². The summed E-state index contributed by atoms with van der Waals surface area (Å²) >= 11 is 0. The van der Waals surface area contributed by atoms with E-state index in [-0.39, 0.29) is 5.59 Å². The summed E-state index contributed by atoms with van der Waals surface area (Å²) in [6.07, 6.45) is 0. The number of nitrogens with zero attached hydrogens (tertiary/aromatic N) is 1. The van der Waals surface area contributed by atoms with E-state index in [1.54, 1.807) is 18.2 Å². The van der Waals surface area contributed by atoms with Gasteiger partial charge in [0, 0.05) is 0 Å². The van der Waals surface area contributed by atoms with Crippen LogP contribution in [-0.2, 0) is 0 Å². The van der Waals surface area contributed by atoms with Gasteiger partial charge in [-0.25, -0.2) is 0 Å². The van der Waals surface area contributed by atoms with Gasteiger partial charge in [0.2, 0.25) is 0 Å². The topological polar surface area (TPSA) is 73.6 Å². The van der Waals surface area contributed by atoms with Crippen LogP contribution >= 0.6 is 0 Å². The molecular formula is C9H9BNO3-. The highest BCUT2D eigenvalue weighted by molar-refractivity contribution is 6.70. The van der Waals surface area contributed by atoms with E-state index in [1.165, 1.54) is 6.07 Å². The van der Waals surface area contributed by atoms with Crippen LogP contribution in [0.25, 0.3) is 10.9 Å². The van der Waals surface area contributed by atoms with Crippen molar-refractivity contribution in [1.29, 1.82) is 0 Å². The zero-order valence-corrected chi connectivity index (χ0v) is 7.33. The molecule has 2 rings (SSSR count). The summed E-state index contributed by atoms with van der Waals surface area (Å²) < 4.78 is 0. The van der Waals surface area contributed by atoms with Crippen molar-refractivity contribution in [3.63, 3.8) is 0 Å². The number of para-hydroxylation sites is 1. The van der Waals surface area contributed by atoms with Crippen molar-refractivity contribution in [1.82, 2.24) is 4.98 Å². The SMILES string of the molecule is O[B-](O)(O)c1ccc2ccccc2n1.